The quantitative estimate of drug-likeness (QED) is 0.698. The molecule has 2 aromatic rings. The molecule has 0 radical (unpaired) electrons. The molecular weight excluding hydrogens is 246 g/mol. The van der Waals surface area contributed by atoms with Crippen LogP contribution < -0.4 is 10.7 Å². The van der Waals surface area contributed by atoms with Crippen LogP contribution in [0.1, 0.15) is 0 Å². The van der Waals surface area contributed by atoms with E-state index in [0.29, 0.717) is 5.69 Å². The summed E-state index contributed by atoms with van der Waals surface area (Å²) in [6, 6.07) is 4.44. The molecule has 0 saturated carbocycles. The average molecular weight is 255 g/mol. The van der Waals surface area contributed by atoms with Crippen LogP contribution in [0.25, 0.3) is 11.5 Å². The predicted octanol–water partition coefficient (Wildman–Crippen LogP) is -1.18. The van der Waals surface area contributed by atoms with Crippen molar-refractivity contribution in [2.45, 2.75) is 5.16 Å². The van der Waals surface area contributed by atoms with Crippen LogP contribution >= 0.6 is 0 Å². The zero-order valence-corrected chi connectivity index (χ0v) is 9.60. The number of aromatic nitrogens is 4. The van der Waals surface area contributed by atoms with E-state index in [2.05, 4.69) is 15.2 Å². The standard InChI is InChI=1S/C8H9N5O3S/c1-13-7(5-3-2-4-6(14)10-5)11-12-8(13)17(9,15)16/h2-4H,1H3,(H,10,14)(H2,9,15,16). The van der Waals surface area contributed by atoms with Gasteiger partial charge in [-0.2, -0.15) is 0 Å². The van der Waals surface area contributed by atoms with Crippen LogP contribution in [-0.2, 0) is 17.1 Å². The van der Waals surface area contributed by atoms with Crippen molar-refractivity contribution in [2.75, 3.05) is 0 Å². The van der Waals surface area contributed by atoms with E-state index in [4.69, 9.17) is 5.14 Å². The highest BCUT2D eigenvalue weighted by Crippen LogP contribution is 2.14. The van der Waals surface area contributed by atoms with Crippen molar-refractivity contribution in [2.24, 2.45) is 12.2 Å². The highest BCUT2D eigenvalue weighted by molar-refractivity contribution is 7.89. The normalized spacial score (nSPS) is 11.6. The second-order valence-electron chi connectivity index (χ2n) is 3.34. The minimum absolute atomic E-state index is 0.215. The summed E-state index contributed by atoms with van der Waals surface area (Å²) in [5.41, 5.74) is 0.0463. The van der Waals surface area contributed by atoms with E-state index in [1.165, 1.54) is 23.7 Å². The maximum absolute atomic E-state index is 11.1. The minimum Gasteiger partial charge on any atom is -0.319 e. The van der Waals surface area contributed by atoms with Gasteiger partial charge in [-0.3, -0.25) is 9.36 Å². The third-order valence-corrected chi connectivity index (χ3v) is 2.96. The summed E-state index contributed by atoms with van der Waals surface area (Å²) in [5.74, 6) is 0.215. The van der Waals surface area contributed by atoms with E-state index < -0.39 is 10.0 Å². The van der Waals surface area contributed by atoms with Gasteiger partial charge >= 0.3 is 0 Å². The van der Waals surface area contributed by atoms with Gasteiger partial charge in [0, 0.05) is 13.1 Å². The summed E-state index contributed by atoms with van der Waals surface area (Å²) >= 11 is 0. The van der Waals surface area contributed by atoms with Gasteiger partial charge in [0.2, 0.25) is 5.56 Å². The molecule has 0 fully saturated rings. The largest absolute Gasteiger partial charge is 0.319 e. The molecule has 90 valence electrons. The third-order valence-electron chi connectivity index (χ3n) is 2.10. The molecule has 0 bridgehead atoms. The molecule has 0 aliphatic heterocycles. The Morgan fingerprint density at radius 2 is 2.06 bits per heavy atom. The minimum atomic E-state index is -3.93. The number of H-pyrrole nitrogens is 1. The average Bonchev–Trinajstić information content (AvgIpc) is 2.59. The Bertz CT molecular complexity index is 715. The molecule has 2 aromatic heterocycles. The predicted molar refractivity (Wildman–Crippen MR) is 58.4 cm³/mol. The maximum atomic E-state index is 11.1. The van der Waals surface area contributed by atoms with Gasteiger partial charge in [-0.05, 0) is 6.07 Å². The summed E-state index contributed by atoms with van der Waals surface area (Å²) in [6.45, 7) is 0. The first-order chi connectivity index (χ1) is 7.89. The lowest BCUT2D eigenvalue weighted by Gasteiger charge is -2.01. The fourth-order valence-corrected chi connectivity index (χ4v) is 2.00. The number of rotatable bonds is 2. The van der Waals surface area contributed by atoms with Crippen molar-refractivity contribution in [3.63, 3.8) is 0 Å². The molecule has 8 nitrogen and oxygen atoms in total. The van der Waals surface area contributed by atoms with Crippen molar-refractivity contribution >= 4 is 10.0 Å². The fraction of sp³-hybridized carbons (Fsp3) is 0.125. The number of primary sulfonamides is 1. The second kappa shape index (κ2) is 3.79. The molecule has 9 heteroatoms. The molecule has 0 atom stereocenters. The van der Waals surface area contributed by atoms with Gasteiger partial charge in [0.25, 0.3) is 15.2 Å². The van der Waals surface area contributed by atoms with Crippen molar-refractivity contribution in [1.82, 2.24) is 19.7 Å². The van der Waals surface area contributed by atoms with Gasteiger partial charge in [-0.15, -0.1) is 10.2 Å². The second-order valence-corrected chi connectivity index (χ2v) is 4.79. The molecular formula is C8H9N5O3S. The Hall–Kier alpha value is -2.00. The SMILES string of the molecule is Cn1c(-c2cccc(=O)[nH]2)nnc1S(N)(=O)=O. The smallest absolute Gasteiger partial charge is 0.273 e. The zero-order chi connectivity index (χ0) is 12.6. The van der Waals surface area contributed by atoms with E-state index in [1.807, 2.05) is 0 Å². The van der Waals surface area contributed by atoms with Gasteiger partial charge < -0.3 is 4.98 Å². The summed E-state index contributed by atoms with van der Waals surface area (Å²) < 4.78 is 23.5. The van der Waals surface area contributed by atoms with Crippen LogP contribution in [0.3, 0.4) is 0 Å². The van der Waals surface area contributed by atoms with Crippen molar-refractivity contribution in [3.8, 4) is 11.5 Å². The van der Waals surface area contributed by atoms with E-state index >= 15 is 0 Å². The fourth-order valence-electron chi connectivity index (χ4n) is 1.38. The molecule has 0 aliphatic carbocycles. The molecule has 2 heterocycles. The van der Waals surface area contributed by atoms with E-state index in [9.17, 15) is 13.2 Å². The number of aromatic amines is 1. The molecule has 0 aliphatic rings. The zero-order valence-electron chi connectivity index (χ0n) is 8.78. The Labute approximate surface area is 96.2 Å². The molecule has 17 heavy (non-hydrogen) atoms. The first-order valence-corrected chi connectivity index (χ1v) is 6.06. The van der Waals surface area contributed by atoms with Crippen molar-refractivity contribution < 1.29 is 8.42 Å². The van der Waals surface area contributed by atoms with Crippen LogP contribution in [0.5, 0.6) is 0 Å². The van der Waals surface area contributed by atoms with E-state index in [-0.39, 0.29) is 16.5 Å². The van der Waals surface area contributed by atoms with Gasteiger partial charge in [-0.1, -0.05) is 6.07 Å². The lowest BCUT2D eigenvalue weighted by atomic mass is 10.3. The molecule has 0 aromatic carbocycles. The highest BCUT2D eigenvalue weighted by Gasteiger charge is 2.19. The van der Waals surface area contributed by atoms with Gasteiger partial charge in [0.1, 0.15) is 0 Å². The van der Waals surface area contributed by atoms with Crippen LogP contribution in [-0.4, -0.2) is 28.2 Å². The van der Waals surface area contributed by atoms with Crippen molar-refractivity contribution in [1.29, 1.82) is 0 Å². The molecule has 2 rings (SSSR count). The van der Waals surface area contributed by atoms with Crippen LogP contribution in [0.15, 0.2) is 28.2 Å². The number of hydrogen-bond acceptors (Lipinski definition) is 5. The number of hydrogen-bond donors (Lipinski definition) is 2. The van der Waals surface area contributed by atoms with Gasteiger partial charge in [-0.25, -0.2) is 13.6 Å². The topological polar surface area (TPSA) is 124 Å². The summed E-state index contributed by atoms with van der Waals surface area (Å²) in [5, 5.41) is 11.7. The number of nitrogens with two attached hydrogens (primary N) is 1. The molecule has 3 N–H and O–H groups in total. The number of pyridine rings is 1. The number of nitrogens with one attached hydrogen (secondary N) is 1. The number of nitrogens with zero attached hydrogens (tertiary/aromatic N) is 3. The molecule has 0 saturated heterocycles. The molecule has 0 spiro atoms. The number of sulfonamides is 1. The highest BCUT2D eigenvalue weighted by atomic mass is 32.2. The first-order valence-electron chi connectivity index (χ1n) is 4.51. The Morgan fingerprint density at radius 1 is 1.35 bits per heavy atom. The monoisotopic (exact) mass is 255 g/mol. The summed E-state index contributed by atoms with van der Waals surface area (Å²) in [4.78, 5) is 13.6. The first kappa shape index (κ1) is 11.5. The van der Waals surface area contributed by atoms with E-state index in [1.54, 1.807) is 6.07 Å². The van der Waals surface area contributed by atoms with Gasteiger partial charge in [0.15, 0.2) is 5.82 Å². The van der Waals surface area contributed by atoms with Crippen molar-refractivity contribution in [3.05, 3.63) is 28.6 Å². The maximum Gasteiger partial charge on any atom is 0.273 e. The Morgan fingerprint density at radius 3 is 2.59 bits per heavy atom. The van der Waals surface area contributed by atoms with Crippen LogP contribution in [0, 0.1) is 0 Å². The molecule has 0 amide bonds. The summed E-state index contributed by atoms with van der Waals surface area (Å²) in [6.07, 6.45) is 0. The van der Waals surface area contributed by atoms with Crippen LogP contribution in [0.2, 0.25) is 0 Å². The Kier molecular flexibility index (Phi) is 2.56. The third kappa shape index (κ3) is 2.10. The van der Waals surface area contributed by atoms with E-state index in [0.717, 1.165) is 0 Å². The molecule has 0 unspecified atom stereocenters. The Balaban J connectivity index is 2.64. The lowest BCUT2D eigenvalue weighted by molar-refractivity contribution is 0.580. The van der Waals surface area contributed by atoms with Gasteiger partial charge in [0.05, 0.1) is 5.69 Å². The lowest BCUT2D eigenvalue weighted by Crippen LogP contribution is -2.17. The van der Waals surface area contributed by atoms with Crippen LogP contribution in [0.4, 0.5) is 0 Å². The summed E-state index contributed by atoms with van der Waals surface area (Å²) in [7, 11) is -2.49.